The molecule has 0 aliphatic carbocycles. The van der Waals surface area contributed by atoms with Gasteiger partial charge in [-0.05, 0) is 32.5 Å². The zero-order valence-corrected chi connectivity index (χ0v) is 11.0. The monoisotopic (exact) mass is 256 g/mol. The van der Waals surface area contributed by atoms with E-state index in [9.17, 15) is 0 Å². The molecule has 1 aromatic heterocycles. The Morgan fingerprint density at radius 2 is 1.76 bits per heavy atom. The average molecular weight is 257 g/mol. The third-order valence-electron chi connectivity index (χ3n) is 3.26. The minimum atomic E-state index is 0.145. The summed E-state index contributed by atoms with van der Waals surface area (Å²) in [4.78, 5) is 16.5. The second kappa shape index (κ2) is 4.62. The van der Waals surface area contributed by atoms with Gasteiger partial charge in [-0.3, -0.25) is 4.90 Å². The third-order valence-corrected chi connectivity index (χ3v) is 3.43. The first-order valence-corrected chi connectivity index (χ1v) is 5.99. The first-order valence-electron chi connectivity index (χ1n) is 5.61. The number of nitrogens with zero attached hydrogens (tertiary/aromatic N) is 5. The summed E-state index contributed by atoms with van der Waals surface area (Å²) >= 11 is 5.79. The van der Waals surface area contributed by atoms with Crippen molar-refractivity contribution in [1.29, 1.82) is 0 Å². The molecule has 0 aromatic carbocycles. The lowest BCUT2D eigenvalue weighted by atomic mass is 10.1. The smallest absolute Gasteiger partial charge is 0.231 e. The SMILES string of the molecule is CC1CN(c2nc(N)nc(Cl)n2)CC(C)N1C. The van der Waals surface area contributed by atoms with Crippen molar-refractivity contribution < 1.29 is 0 Å². The number of anilines is 2. The van der Waals surface area contributed by atoms with Crippen molar-refractivity contribution in [3.8, 4) is 0 Å². The van der Waals surface area contributed by atoms with Crippen LogP contribution in [0.5, 0.6) is 0 Å². The van der Waals surface area contributed by atoms with Crippen molar-refractivity contribution in [2.24, 2.45) is 0 Å². The molecule has 0 saturated carbocycles. The van der Waals surface area contributed by atoms with Crippen molar-refractivity contribution >= 4 is 23.5 Å². The van der Waals surface area contributed by atoms with E-state index in [4.69, 9.17) is 17.3 Å². The minimum Gasteiger partial charge on any atom is -0.368 e. The molecule has 2 unspecified atom stereocenters. The molecule has 2 atom stereocenters. The van der Waals surface area contributed by atoms with Gasteiger partial charge in [-0.1, -0.05) is 0 Å². The lowest BCUT2D eigenvalue weighted by molar-refractivity contribution is 0.169. The maximum atomic E-state index is 5.79. The summed E-state index contributed by atoms with van der Waals surface area (Å²) in [6.45, 7) is 6.07. The number of piperazine rings is 1. The number of halogens is 1. The Bertz CT molecular complexity index is 380. The Hall–Kier alpha value is -1.14. The fourth-order valence-corrected chi connectivity index (χ4v) is 2.23. The Kier molecular flexibility index (Phi) is 3.35. The molecule has 0 bridgehead atoms. The van der Waals surface area contributed by atoms with Gasteiger partial charge < -0.3 is 10.6 Å². The van der Waals surface area contributed by atoms with E-state index >= 15 is 0 Å². The van der Waals surface area contributed by atoms with Crippen LogP contribution in [0.4, 0.5) is 11.9 Å². The Morgan fingerprint density at radius 3 is 2.29 bits per heavy atom. The van der Waals surface area contributed by atoms with Gasteiger partial charge in [0, 0.05) is 25.2 Å². The predicted octanol–water partition coefficient (Wildman–Crippen LogP) is 0.636. The first kappa shape index (κ1) is 12.3. The number of rotatable bonds is 1. The highest BCUT2D eigenvalue weighted by Gasteiger charge is 2.28. The van der Waals surface area contributed by atoms with Gasteiger partial charge in [-0.15, -0.1) is 0 Å². The predicted molar refractivity (Wildman–Crippen MR) is 68.1 cm³/mol. The van der Waals surface area contributed by atoms with E-state index in [-0.39, 0.29) is 11.2 Å². The van der Waals surface area contributed by atoms with Crippen molar-refractivity contribution in [1.82, 2.24) is 19.9 Å². The van der Waals surface area contributed by atoms with Crippen molar-refractivity contribution in [3.05, 3.63) is 5.28 Å². The van der Waals surface area contributed by atoms with Gasteiger partial charge in [0.25, 0.3) is 0 Å². The fraction of sp³-hybridized carbons (Fsp3) is 0.700. The normalized spacial score (nSPS) is 26.2. The van der Waals surface area contributed by atoms with Crippen LogP contribution in [0.25, 0.3) is 0 Å². The van der Waals surface area contributed by atoms with Gasteiger partial charge in [-0.25, -0.2) is 0 Å². The van der Waals surface area contributed by atoms with Crippen LogP contribution in [-0.4, -0.2) is 52.1 Å². The largest absolute Gasteiger partial charge is 0.368 e. The molecule has 1 fully saturated rings. The van der Waals surface area contributed by atoms with Crippen LogP contribution in [-0.2, 0) is 0 Å². The lowest BCUT2D eigenvalue weighted by Gasteiger charge is -2.42. The van der Waals surface area contributed by atoms with Gasteiger partial charge in [0.2, 0.25) is 17.2 Å². The van der Waals surface area contributed by atoms with Gasteiger partial charge in [0.1, 0.15) is 0 Å². The second-order valence-corrected chi connectivity index (χ2v) is 4.87. The maximum Gasteiger partial charge on any atom is 0.231 e. The number of likely N-dealkylation sites (N-methyl/N-ethyl adjacent to an activating group) is 1. The fourth-order valence-electron chi connectivity index (χ4n) is 2.06. The molecule has 7 heteroatoms. The summed E-state index contributed by atoms with van der Waals surface area (Å²) in [5.74, 6) is 0.730. The molecule has 2 rings (SSSR count). The first-order chi connectivity index (χ1) is 7.97. The maximum absolute atomic E-state index is 5.79. The molecule has 0 radical (unpaired) electrons. The molecule has 17 heavy (non-hydrogen) atoms. The standard InChI is InChI=1S/C10H17ClN6/c1-6-4-17(5-7(2)16(6)3)10-14-8(11)13-9(12)15-10/h6-7H,4-5H2,1-3H3,(H2,12,13,14,15). The van der Waals surface area contributed by atoms with Crippen LogP contribution >= 0.6 is 11.6 Å². The Balaban J connectivity index is 2.22. The summed E-state index contributed by atoms with van der Waals surface area (Å²) < 4.78 is 0. The minimum absolute atomic E-state index is 0.145. The van der Waals surface area contributed by atoms with E-state index < -0.39 is 0 Å². The van der Waals surface area contributed by atoms with E-state index in [2.05, 4.69) is 45.6 Å². The van der Waals surface area contributed by atoms with Crippen LogP contribution in [0, 0.1) is 0 Å². The van der Waals surface area contributed by atoms with E-state index in [1.807, 2.05) is 0 Å². The molecular weight excluding hydrogens is 240 g/mol. The zero-order valence-electron chi connectivity index (χ0n) is 10.3. The summed E-state index contributed by atoms with van der Waals surface area (Å²) in [5.41, 5.74) is 5.58. The summed E-state index contributed by atoms with van der Waals surface area (Å²) in [5, 5.41) is 0.145. The highest BCUT2D eigenvalue weighted by atomic mass is 35.5. The molecule has 1 saturated heterocycles. The van der Waals surface area contributed by atoms with E-state index in [0.29, 0.717) is 18.0 Å². The summed E-state index contributed by atoms with van der Waals surface area (Å²) in [6, 6.07) is 0.881. The molecule has 2 N–H and O–H groups in total. The molecule has 1 aliphatic rings. The Morgan fingerprint density at radius 1 is 1.18 bits per heavy atom. The topological polar surface area (TPSA) is 71.2 Å². The lowest BCUT2D eigenvalue weighted by Crippen LogP contribution is -2.55. The van der Waals surface area contributed by atoms with Crippen LogP contribution in [0.2, 0.25) is 5.28 Å². The second-order valence-electron chi connectivity index (χ2n) is 4.53. The van der Waals surface area contributed by atoms with Crippen molar-refractivity contribution in [3.63, 3.8) is 0 Å². The molecule has 1 aliphatic heterocycles. The van der Waals surface area contributed by atoms with E-state index in [1.54, 1.807) is 0 Å². The molecular formula is C10H17ClN6. The van der Waals surface area contributed by atoms with Crippen molar-refractivity contribution in [2.75, 3.05) is 30.8 Å². The number of aromatic nitrogens is 3. The number of hydrogen-bond donors (Lipinski definition) is 1. The zero-order chi connectivity index (χ0) is 12.6. The van der Waals surface area contributed by atoms with E-state index in [1.165, 1.54) is 0 Å². The molecule has 94 valence electrons. The summed E-state index contributed by atoms with van der Waals surface area (Å²) in [6.07, 6.45) is 0. The van der Waals surface area contributed by atoms with Crippen LogP contribution in [0.1, 0.15) is 13.8 Å². The number of hydrogen-bond acceptors (Lipinski definition) is 6. The van der Waals surface area contributed by atoms with Gasteiger partial charge in [-0.2, -0.15) is 15.0 Å². The summed E-state index contributed by atoms with van der Waals surface area (Å²) in [7, 11) is 2.13. The number of nitrogen functional groups attached to an aromatic ring is 1. The molecule has 2 heterocycles. The molecule has 0 spiro atoms. The van der Waals surface area contributed by atoms with Crippen molar-refractivity contribution in [2.45, 2.75) is 25.9 Å². The van der Waals surface area contributed by atoms with Gasteiger partial charge in [0.05, 0.1) is 0 Å². The quantitative estimate of drug-likeness (QED) is 0.795. The molecule has 0 amide bonds. The average Bonchev–Trinajstić information content (AvgIpc) is 2.23. The Labute approximate surface area is 106 Å². The van der Waals surface area contributed by atoms with E-state index in [0.717, 1.165) is 13.1 Å². The highest BCUT2D eigenvalue weighted by Crippen LogP contribution is 2.19. The van der Waals surface area contributed by atoms with Gasteiger partial charge in [0.15, 0.2) is 0 Å². The van der Waals surface area contributed by atoms with Crippen LogP contribution < -0.4 is 10.6 Å². The molecule has 1 aromatic rings. The number of nitrogens with two attached hydrogens (primary N) is 1. The highest BCUT2D eigenvalue weighted by molar-refractivity contribution is 6.28. The van der Waals surface area contributed by atoms with Crippen LogP contribution in [0.3, 0.4) is 0 Å². The molecule has 6 nitrogen and oxygen atoms in total. The third kappa shape index (κ3) is 2.58. The van der Waals surface area contributed by atoms with Crippen LogP contribution in [0.15, 0.2) is 0 Å². The van der Waals surface area contributed by atoms with Gasteiger partial charge >= 0.3 is 0 Å².